The van der Waals surface area contributed by atoms with Gasteiger partial charge in [0.05, 0.1) is 7.11 Å². The van der Waals surface area contributed by atoms with Crippen LogP contribution in [-0.2, 0) is 5.41 Å². The molecule has 3 heteroatoms. The summed E-state index contributed by atoms with van der Waals surface area (Å²) in [7, 11) is 1.65. The van der Waals surface area contributed by atoms with Gasteiger partial charge >= 0.3 is 0 Å². The molecule has 3 rings (SSSR count). The Hall–Kier alpha value is -2.29. The van der Waals surface area contributed by atoms with E-state index in [0.29, 0.717) is 5.89 Å². The number of oxazole rings is 1. The molecule has 0 aliphatic rings. The Balaban J connectivity index is 2.00. The molecule has 0 saturated heterocycles. The molecular weight excluding hydrogens is 262 g/mol. The summed E-state index contributed by atoms with van der Waals surface area (Å²) in [5, 5.41) is 0. The molecule has 3 aromatic rings. The molecule has 0 aliphatic carbocycles. The molecule has 0 spiro atoms. The third-order valence-corrected chi connectivity index (χ3v) is 3.59. The van der Waals surface area contributed by atoms with Crippen molar-refractivity contribution in [3.8, 4) is 17.2 Å². The van der Waals surface area contributed by atoms with Crippen LogP contribution in [0.2, 0.25) is 0 Å². The molecule has 1 heterocycles. The van der Waals surface area contributed by atoms with Crippen LogP contribution >= 0.6 is 0 Å². The molecule has 21 heavy (non-hydrogen) atoms. The Morgan fingerprint density at radius 3 is 2.33 bits per heavy atom. The van der Waals surface area contributed by atoms with Gasteiger partial charge < -0.3 is 9.15 Å². The Morgan fingerprint density at radius 1 is 1.00 bits per heavy atom. The predicted octanol–water partition coefficient (Wildman–Crippen LogP) is 4.80. The van der Waals surface area contributed by atoms with Gasteiger partial charge in [0.2, 0.25) is 5.89 Å². The largest absolute Gasteiger partial charge is 0.497 e. The van der Waals surface area contributed by atoms with Gasteiger partial charge in [0.1, 0.15) is 11.3 Å². The third-order valence-electron chi connectivity index (χ3n) is 3.59. The van der Waals surface area contributed by atoms with Crippen molar-refractivity contribution in [3.05, 3.63) is 48.0 Å². The van der Waals surface area contributed by atoms with Gasteiger partial charge in [-0.2, -0.15) is 0 Å². The van der Waals surface area contributed by atoms with Crippen LogP contribution in [0.25, 0.3) is 22.6 Å². The fourth-order valence-electron chi connectivity index (χ4n) is 2.27. The van der Waals surface area contributed by atoms with Gasteiger partial charge in [-0.05, 0) is 35.2 Å². The zero-order valence-corrected chi connectivity index (χ0v) is 12.8. The Kier molecular flexibility index (Phi) is 3.20. The lowest BCUT2D eigenvalue weighted by molar-refractivity contribution is 0.415. The molecule has 0 saturated carbocycles. The highest BCUT2D eigenvalue weighted by Gasteiger charge is 2.14. The van der Waals surface area contributed by atoms with Crippen LogP contribution in [0.1, 0.15) is 26.3 Å². The lowest BCUT2D eigenvalue weighted by Gasteiger charge is -2.18. The number of hydrogen-bond donors (Lipinski definition) is 0. The maximum absolute atomic E-state index is 5.81. The number of benzene rings is 2. The van der Waals surface area contributed by atoms with E-state index >= 15 is 0 Å². The molecule has 3 nitrogen and oxygen atoms in total. The van der Waals surface area contributed by atoms with E-state index in [1.165, 1.54) is 5.56 Å². The summed E-state index contributed by atoms with van der Waals surface area (Å²) < 4.78 is 11.0. The first-order chi connectivity index (χ1) is 9.97. The van der Waals surface area contributed by atoms with Crippen molar-refractivity contribution in [2.45, 2.75) is 26.2 Å². The average molecular weight is 281 g/mol. The van der Waals surface area contributed by atoms with Crippen molar-refractivity contribution in [2.75, 3.05) is 7.11 Å². The standard InChI is InChI=1S/C18H19NO2/c1-18(2,3)13-7-5-12(6-8-13)17-19-15-11-14(20-4)9-10-16(15)21-17/h5-11H,1-4H3. The highest BCUT2D eigenvalue weighted by molar-refractivity contribution is 5.77. The minimum Gasteiger partial charge on any atom is -0.497 e. The molecular formula is C18H19NO2. The molecule has 0 radical (unpaired) electrons. The second-order valence-electron chi connectivity index (χ2n) is 6.18. The zero-order valence-electron chi connectivity index (χ0n) is 12.8. The first-order valence-corrected chi connectivity index (χ1v) is 7.03. The summed E-state index contributed by atoms with van der Waals surface area (Å²) in [4.78, 5) is 4.54. The molecule has 0 aliphatic heterocycles. The summed E-state index contributed by atoms with van der Waals surface area (Å²) in [5.74, 6) is 1.42. The zero-order chi connectivity index (χ0) is 15.0. The van der Waals surface area contributed by atoms with Crippen molar-refractivity contribution < 1.29 is 9.15 Å². The minimum absolute atomic E-state index is 0.146. The summed E-state index contributed by atoms with van der Waals surface area (Å²) in [6.07, 6.45) is 0. The molecule has 108 valence electrons. The van der Waals surface area contributed by atoms with Crippen molar-refractivity contribution in [1.29, 1.82) is 0 Å². The van der Waals surface area contributed by atoms with E-state index in [9.17, 15) is 0 Å². The van der Waals surface area contributed by atoms with Crippen molar-refractivity contribution >= 4 is 11.1 Å². The van der Waals surface area contributed by atoms with E-state index in [4.69, 9.17) is 9.15 Å². The SMILES string of the molecule is COc1ccc2oc(-c3ccc(C(C)(C)C)cc3)nc2c1. The highest BCUT2D eigenvalue weighted by Crippen LogP contribution is 2.29. The molecule has 0 N–H and O–H groups in total. The second kappa shape index (κ2) is 4.92. The molecule has 1 aromatic heterocycles. The van der Waals surface area contributed by atoms with Crippen LogP contribution in [0.4, 0.5) is 0 Å². The molecule has 0 atom stereocenters. The fraction of sp³-hybridized carbons (Fsp3) is 0.278. The Morgan fingerprint density at radius 2 is 1.71 bits per heavy atom. The van der Waals surface area contributed by atoms with E-state index in [-0.39, 0.29) is 5.41 Å². The van der Waals surface area contributed by atoms with Crippen LogP contribution in [0, 0.1) is 0 Å². The van der Waals surface area contributed by atoms with E-state index in [1.54, 1.807) is 7.11 Å². The van der Waals surface area contributed by atoms with E-state index < -0.39 is 0 Å². The molecule has 2 aromatic carbocycles. The van der Waals surface area contributed by atoms with Gasteiger partial charge in [0.15, 0.2) is 5.58 Å². The Bertz CT molecular complexity index is 764. The third kappa shape index (κ3) is 2.64. The Labute approximate surface area is 124 Å². The van der Waals surface area contributed by atoms with Crippen molar-refractivity contribution in [1.82, 2.24) is 4.98 Å². The van der Waals surface area contributed by atoms with Crippen LogP contribution in [0.15, 0.2) is 46.9 Å². The minimum atomic E-state index is 0.146. The summed E-state index contributed by atoms with van der Waals surface area (Å²) in [6, 6.07) is 14.0. The molecule has 0 fully saturated rings. The smallest absolute Gasteiger partial charge is 0.227 e. The molecule has 0 amide bonds. The molecule has 0 unspecified atom stereocenters. The number of rotatable bonds is 2. The first-order valence-electron chi connectivity index (χ1n) is 7.03. The van der Waals surface area contributed by atoms with Crippen LogP contribution in [-0.4, -0.2) is 12.1 Å². The number of hydrogen-bond acceptors (Lipinski definition) is 3. The van der Waals surface area contributed by atoms with E-state index in [0.717, 1.165) is 22.4 Å². The quantitative estimate of drug-likeness (QED) is 0.676. The normalized spacial score (nSPS) is 11.8. The van der Waals surface area contributed by atoms with Crippen LogP contribution in [0.5, 0.6) is 5.75 Å². The fourth-order valence-corrected chi connectivity index (χ4v) is 2.27. The van der Waals surface area contributed by atoms with Gasteiger partial charge in [-0.3, -0.25) is 0 Å². The number of methoxy groups -OCH3 is 1. The maximum atomic E-state index is 5.81. The maximum Gasteiger partial charge on any atom is 0.227 e. The lowest BCUT2D eigenvalue weighted by Crippen LogP contribution is -2.10. The predicted molar refractivity (Wildman–Crippen MR) is 84.7 cm³/mol. The second-order valence-corrected chi connectivity index (χ2v) is 6.18. The highest BCUT2D eigenvalue weighted by atomic mass is 16.5. The van der Waals surface area contributed by atoms with Gasteiger partial charge in [-0.1, -0.05) is 32.9 Å². The summed E-state index contributed by atoms with van der Waals surface area (Å²) in [5.41, 5.74) is 4.00. The van der Waals surface area contributed by atoms with Gasteiger partial charge in [-0.25, -0.2) is 4.98 Å². The lowest BCUT2D eigenvalue weighted by atomic mass is 9.87. The first kappa shape index (κ1) is 13.7. The number of ether oxygens (including phenoxy) is 1. The van der Waals surface area contributed by atoms with Gasteiger partial charge in [0, 0.05) is 11.6 Å². The number of fused-ring (bicyclic) bond motifs is 1. The monoisotopic (exact) mass is 281 g/mol. The van der Waals surface area contributed by atoms with E-state index in [1.807, 2.05) is 18.2 Å². The van der Waals surface area contributed by atoms with Crippen molar-refractivity contribution in [3.63, 3.8) is 0 Å². The van der Waals surface area contributed by atoms with Gasteiger partial charge in [-0.15, -0.1) is 0 Å². The van der Waals surface area contributed by atoms with E-state index in [2.05, 4.69) is 50.0 Å². The van der Waals surface area contributed by atoms with Crippen LogP contribution < -0.4 is 4.74 Å². The number of aromatic nitrogens is 1. The average Bonchev–Trinajstić information content (AvgIpc) is 2.89. The van der Waals surface area contributed by atoms with Crippen LogP contribution in [0.3, 0.4) is 0 Å². The topological polar surface area (TPSA) is 35.3 Å². The van der Waals surface area contributed by atoms with Gasteiger partial charge in [0.25, 0.3) is 0 Å². The number of nitrogens with zero attached hydrogens (tertiary/aromatic N) is 1. The van der Waals surface area contributed by atoms with Crippen molar-refractivity contribution in [2.24, 2.45) is 0 Å². The molecule has 0 bridgehead atoms. The summed E-state index contributed by atoms with van der Waals surface area (Å²) >= 11 is 0. The summed E-state index contributed by atoms with van der Waals surface area (Å²) in [6.45, 7) is 6.61.